The Balaban J connectivity index is 1.87. The molecule has 1 aromatic heterocycles. The van der Waals surface area contributed by atoms with Crippen molar-refractivity contribution in [1.82, 2.24) is 14.8 Å². The minimum Gasteiger partial charge on any atom is -0.294 e. The maximum atomic E-state index is 9.14. The van der Waals surface area contributed by atoms with E-state index in [0.717, 1.165) is 39.1 Å². The van der Waals surface area contributed by atoms with Crippen LogP contribution in [0, 0.1) is 11.3 Å². The molecule has 1 fully saturated rings. The SMILES string of the molecule is CCC(C#N)N1CCN(Cc2nc(C(C)(C)C)cs2)CC1. The standard InChI is InChI=1S/C16H26N4S/c1-5-13(10-17)20-8-6-19(7-9-20)11-15-18-14(12-21-15)16(2,3)4/h12-13H,5-9,11H2,1-4H3. The van der Waals surface area contributed by atoms with E-state index in [4.69, 9.17) is 10.2 Å². The van der Waals surface area contributed by atoms with Crippen molar-refractivity contribution in [3.63, 3.8) is 0 Å². The molecule has 5 heteroatoms. The Kier molecular flexibility index (Phi) is 5.37. The number of hydrogen-bond acceptors (Lipinski definition) is 5. The van der Waals surface area contributed by atoms with Gasteiger partial charge in [0.2, 0.25) is 0 Å². The molecule has 0 bridgehead atoms. The average molecular weight is 306 g/mol. The largest absolute Gasteiger partial charge is 0.294 e. The normalized spacial score (nSPS) is 19.4. The minimum atomic E-state index is 0.0829. The van der Waals surface area contributed by atoms with Gasteiger partial charge in [-0.05, 0) is 6.42 Å². The van der Waals surface area contributed by atoms with Gasteiger partial charge < -0.3 is 0 Å². The minimum absolute atomic E-state index is 0.0829. The Labute approximate surface area is 132 Å². The monoisotopic (exact) mass is 306 g/mol. The van der Waals surface area contributed by atoms with Gasteiger partial charge in [0.1, 0.15) is 5.01 Å². The van der Waals surface area contributed by atoms with Crippen LogP contribution in [0.15, 0.2) is 5.38 Å². The van der Waals surface area contributed by atoms with Gasteiger partial charge in [0.15, 0.2) is 0 Å². The molecule has 2 heterocycles. The average Bonchev–Trinajstić information content (AvgIpc) is 2.90. The number of hydrogen-bond donors (Lipinski definition) is 0. The third-order valence-electron chi connectivity index (χ3n) is 4.06. The van der Waals surface area contributed by atoms with Crippen LogP contribution in [0.4, 0.5) is 0 Å². The molecule has 4 nitrogen and oxygen atoms in total. The number of rotatable bonds is 4. The third-order valence-corrected chi connectivity index (χ3v) is 4.90. The highest BCUT2D eigenvalue weighted by molar-refractivity contribution is 7.09. The summed E-state index contributed by atoms with van der Waals surface area (Å²) in [6.45, 7) is 13.7. The van der Waals surface area contributed by atoms with Gasteiger partial charge >= 0.3 is 0 Å². The lowest BCUT2D eigenvalue weighted by atomic mass is 9.93. The molecular weight excluding hydrogens is 280 g/mol. The summed E-state index contributed by atoms with van der Waals surface area (Å²) in [6, 6.07) is 2.49. The number of thiazole rings is 1. The van der Waals surface area contributed by atoms with E-state index in [1.54, 1.807) is 11.3 Å². The van der Waals surface area contributed by atoms with Crippen molar-refractivity contribution >= 4 is 11.3 Å². The second-order valence-corrected chi connectivity index (χ2v) is 7.68. The van der Waals surface area contributed by atoms with Crippen LogP contribution in [0.1, 0.15) is 44.8 Å². The van der Waals surface area contributed by atoms with Crippen LogP contribution < -0.4 is 0 Å². The van der Waals surface area contributed by atoms with Crippen LogP contribution in [0.5, 0.6) is 0 Å². The molecule has 1 aromatic rings. The molecule has 1 saturated heterocycles. The fraction of sp³-hybridized carbons (Fsp3) is 0.750. The van der Waals surface area contributed by atoms with E-state index in [-0.39, 0.29) is 11.5 Å². The molecular formula is C16H26N4S. The lowest BCUT2D eigenvalue weighted by Gasteiger charge is -2.36. The van der Waals surface area contributed by atoms with E-state index in [9.17, 15) is 0 Å². The molecule has 0 saturated carbocycles. The summed E-state index contributed by atoms with van der Waals surface area (Å²) >= 11 is 1.77. The lowest BCUT2D eigenvalue weighted by molar-refractivity contribution is 0.108. The molecule has 1 unspecified atom stereocenters. The third kappa shape index (κ3) is 4.26. The molecule has 1 atom stereocenters. The van der Waals surface area contributed by atoms with Crippen molar-refractivity contribution in [2.75, 3.05) is 26.2 Å². The van der Waals surface area contributed by atoms with Crippen molar-refractivity contribution in [3.05, 3.63) is 16.1 Å². The summed E-state index contributed by atoms with van der Waals surface area (Å²) in [7, 11) is 0. The van der Waals surface area contributed by atoms with E-state index >= 15 is 0 Å². The topological polar surface area (TPSA) is 43.2 Å². The molecule has 0 aliphatic carbocycles. The Morgan fingerprint density at radius 3 is 2.48 bits per heavy atom. The van der Waals surface area contributed by atoms with Crippen molar-refractivity contribution < 1.29 is 0 Å². The Hall–Kier alpha value is -0.960. The second-order valence-electron chi connectivity index (χ2n) is 6.74. The Morgan fingerprint density at radius 1 is 1.33 bits per heavy atom. The van der Waals surface area contributed by atoms with Gasteiger partial charge in [-0.1, -0.05) is 27.7 Å². The van der Waals surface area contributed by atoms with Gasteiger partial charge in [-0.3, -0.25) is 9.80 Å². The molecule has 0 amide bonds. The zero-order valence-electron chi connectivity index (χ0n) is 13.6. The quantitative estimate of drug-likeness (QED) is 0.858. The van der Waals surface area contributed by atoms with Crippen molar-refractivity contribution in [1.29, 1.82) is 5.26 Å². The van der Waals surface area contributed by atoms with Gasteiger partial charge in [-0.15, -0.1) is 11.3 Å². The lowest BCUT2D eigenvalue weighted by Crippen LogP contribution is -2.49. The summed E-state index contributed by atoms with van der Waals surface area (Å²) in [4.78, 5) is 9.53. The van der Waals surface area contributed by atoms with Crippen LogP contribution in [0.2, 0.25) is 0 Å². The van der Waals surface area contributed by atoms with Crippen LogP contribution in [0.25, 0.3) is 0 Å². The summed E-state index contributed by atoms with van der Waals surface area (Å²) in [5.74, 6) is 0. The molecule has 2 rings (SSSR count). The predicted octanol–water partition coefficient (Wildman–Crippen LogP) is 2.86. The van der Waals surface area contributed by atoms with E-state index in [2.05, 4.69) is 48.9 Å². The second kappa shape index (κ2) is 6.87. The number of nitriles is 1. The van der Waals surface area contributed by atoms with Gasteiger partial charge in [-0.25, -0.2) is 4.98 Å². The molecule has 1 aliphatic heterocycles. The first kappa shape index (κ1) is 16.4. The molecule has 0 aromatic carbocycles. The zero-order valence-corrected chi connectivity index (χ0v) is 14.4. The van der Waals surface area contributed by atoms with Crippen molar-refractivity contribution in [3.8, 4) is 6.07 Å². The number of aromatic nitrogens is 1. The zero-order chi connectivity index (χ0) is 15.5. The predicted molar refractivity (Wildman–Crippen MR) is 87.4 cm³/mol. The van der Waals surface area contributed by atoms with E-state index in [0.29, 0.717) is 0 Å². The summed E-state index contributed by atoms with van der Waals surface area (Å²) in [5, 5.41) is 12.5. The fourth-order valence-corrected chi connectivity index (χ4v) is 3.65. The summed E-state index contributed by atoms with van der Waals surface area (Å²) < 4.78 is 0. The number of piperazine rings is 1. The molecule has 0 radical (unpaired) electrons. The summed E-state index contributed by atoms with van der Waals surface area (Å²) in [5.41, 5.74) is 1.32. The Bertz CT molecular complexity index is 489. The summed E-state index contributed by atoms with van der Waals surface area (Å²) in [6.07, 6.45) is 0.915. The van der Waals surface area contributed by atoms with E-state index in [1.807, 2.05) is 0 Å². The molecule has 116 valence electrons. The van der Waals surface area contributed by atoms with Gasteiger partial charge in [0.25, 0.3) is 0 Å². The first-order chi connectivity index (χ1) is 9.94. The van der Waals surface area contributed by atoms with Crippen molar-refractivity contribution in [2.24, 2.45) is 0 Å². The highest BCUT2D eigenvalue weighted by atomic mass is 32.1. The Morgan fingerprint density at radius 2 is 2.00 bits per heavy atom. The van der Waals surface area contributed by atoms with Crippen LogP contribution in [-0.4, -0.2) is 47.0 Å². The first-order valence-electron chi connectivity index (χ1n) is 7.75. The van der Waals surface area contributed by atoms with E-state index in [1.165, 1.54) is 10.7 Å². The van der Waals surface area contributed by atoms with Gasteiger partial charge in [0, 0.05) is 37.0 Å². The van der Waals surface area contributed by atoms with Gasteiger partial charge in [-0.2, -0.15) is 5.26 Å². The molecule has 0 spiro atoms. The van der Waals surface area contributed by atoms with Gasteiger partial charge in [0.05, 0.1) is 24.3 Å². The maximum Gasteiger partial charge on any atom is 0.107 e. The highest BCUT2D eigenvalue weighted by Gasteiger charge is 2.23. The van der Waals surface area contributed by atoms with E-state index < -0.39 is 0 Å². The highest BCUT2D eigenvalue weighted by Crippen LogP contribution is 2.24. The first-order valence-corrected chi connectivity index (χ1v) is 8.63. The smallest absolute Gasteiger partial charge is 0.107 e. The molecule has 1 aliphatic rings. The molecule has 21 heavy (non-hydrogen) atoms. The van der Waals surface area contributed by atoms with Crippen LogP contribution in [-0.2, 0) is 12.0 Å². The van der Waals surface area contributed by atoms with Crippen LogP contribution in [0.3, 0.4) is 0 Å². The number of nitrogens with zero attached hydrogens (tertiary/aromatic N) is 4. The molecule has 0 N–H and O–H groups in total. The van der Waals surface area contributed by atoms with Crippen LogP contribution >= 0.6 is 11.3 Å². The maximum absolute atomic E-state index is 9.14. The van der Waals surface area contributed by atoms with Crippen molar-refractivity contribution in [2.45, 2.75) is 52.1 Å². The fourth-order valence-electron chi connectivity index (χ4n) is 2.58.